The lowest BCUT2D eigenvalue weighted by atomic mass is 9.97. The molecular formula is C28H26N6O. The van der Waals surface area contributed by atoms with Crippen LogP contribution in [-0.4, -0.2) is 31.0 Å². The van der Waals surface area contributed by atoms with Crippen LogP contribution < -0.4 is 11.1 Å². The lowest BCUT2D eigenvalue weighted by molar-refractivity contribution is 0.100. The highest BCUT2D eigenvalue weighted by Crippen LogP contribution is 2.34. The predicted molar refractivity (Wildman–Crippen MR) is 139 cm³/mol. The first-order valence-corrected chi connectivity index (χ1v) is 11.3. The fourth-order valence-corrected chi connectivity index (χ4v) is 4.17. The number of nitrogens with zero attached hydrogens (tertiary/aromatic N) is 4. The quantitative estimate of drug-likeness (QED) is 0.361. The zero-order valence-electron chi connectivity index (χ0n) is 19.9. The molecule has 0 aliphatic carbocycles. The second kappa shape index (κ2) is 8.68. The molecule has 0 atom stereocenters. The van der Waals surface area contributed by atoms with E-state index in [2.05, 4.69) is 21.4 Å². The number of carbonyl (C=O) groups excluding carboxylic acids is 1. The van der Waals surface area contributed by atoms with Crippen LogP contribution in [-0.2, 0) is 0 Å². The van der Waals surface area contributed by atoms with Crippen LogP contribution in [0.2, 0.25) is 0 Å². The first-order chi connectivity index (χ1) is 16.8. The van der Waals surface area contributed by atoms with Gasteiger partial charge in [-0.3, -0.25) is 14.8 Å². The van der Waals surface area contributed by atoms with E-state index < -0.39 is 5.91 Å². The summed E-state index contributed by atoms with van der Waals surface area (Å²) < 4.78 is 1.98. The fourth-order valence-electron chi connectivity index (χ4n) is 4.17. The number of nitrogens with two attached hydrogens (primary N) is 1. The second-order valence-corrected chi connectivity index (χ2v) is 9.44. The molecule has 7 heteroatoms. The van der Waals surface area contributed by atoms with Gasteiger partial charge in [-0.25, -0.2) is 4.98 Å². The zero-order chi connectivity index (χ0) is 24.6. The van der Waals surface area contributed by atoms with Gasteiger partial charge in [-0.15, -0.1) is 0 Å². The fraction of sp³-hybridized carbons (Fsp3) is 0.143. The highest BCUT2D eigenvalue weighted by molar-refractivity contribution is 6.02. The summed E-state index contributed by atoms with van der Waals surface area (Å²) in [6.45, 7) is 6.14. The number of primary amides is 1. The Labute approximate surface area is 203 Å². The van der Waals surface area contributed by atoms with Crippen LogP contribution in [0.4, 0.5) is 5.69 Å². The van der Waals surface area contributed by atoms with Gasteiger partial charge in [0.2, 0.25) is 0 Å². The summed E-state index contributed by atoms with van der Waals surface area (Å²) in [6.07, 6.45) is 9.12. The van der Waals surface area contributed by atoms with Gasteiger partial charge in [0.25, 0.3) is 5.91 Å². The zero-order valence-corrected chi connectivity index (χ0v) is 19.9. The van der Waals surface area contributed by atoms with Gasteiger partial charge in [-0.1, -0.05) is 18.2 Å². The van der Waals surface area contributed by atoms with E-state index >= 15 is 0 Å². The van der Waals surface area contributed by atoms with E-state index in [4.69, 9.17) is 10.7 Å². The Balaban J connectivity index is 1.62. The summed E-state index contributed by atoms with van der Waals surface area (Å²) >= 11 is 0. The average molecular weight is 463 g/mol. The van der Waals surface area contributed by atoms with Crippen molar-refractivity contribution in [2.75, 3.05) is 5.32 Å². The average Bonchev–Trinajstić information content (AvgIpc) is 3.33. The van der Waals surface area contributed by atoms with Gasteiger partial charge in [0, 0.05) is 47.0 Å². The number of amides is 1. The third kappa shape index (κ3) is 4.48. The van der Waals surface area contributed by atoms with Gasteiger partial charge in [0.1, 0.15) is 0 Å². The standard InChI is InChI=1S/C28H26N6O/c1-28(2,3)33-23-14-18(9-10-22(23)27(29)35)20-11-13-31-26-21(20)7-4-8-25(26)34-16-24(32-17-34)19-6-5-12-30-15-19/h4-17,33H,1-3H3,(H2,29,35). The number of anilines is 1. The van der Waals surface area contributed by atoms with Crippen molar-refractivity contribution in [2.45, 2.75) is 26.3 Å². The number of pyridine rings is 2. The summed E-state index contributed by atoms with van der Waals surface area (Å²) in [5, 5.41) is 4.41. The molecule has 0 aliphatic heterocycles. The van der Waals surface area contributed by atoms with E-state index in [1.807, 2.05) is 74.0 Å². The summed E-state index contributed by atoms with van der Waals surface area (Å²) in [5.41, 5.74) is 12.1. The number of hydrogen-bond acceptors (Lipinski definition) is 5. The minimum absolute atomic E-state index is 0.232. The van der Waals surface area contributed by atoms with Crippen molar-refractivity contribution in [3.05, 3.63) is 91.3 Å². The molecule has 35 heavy (non-hydrogen) atoms. The van der Waals surface area contributed by atoms with E-state index in [1.54, 1.807) is 31.0 Å². The molecule has 0 saturated carbocycles. The number of nitrogens with one attached hydrogen (secondary N) is 1. The summed E-state index contributed by atoms with van der Waals surface area (Å²) in [4.78, 5) is 25.5. The van der Waals surface area contributed by atoms with Crippen LogP contribution in [0.1, 0.15) is 31.1 Å². The topological polar surface area (TPSA) is 98.7 Å². The van der Waals surface area contributed by atoms with Gasteiger partial charge in [-0.2, -0.15) is 0 Å². The minimum Gasteiger partial charge on any atom is -0.380 e. The number of aromatic nitrogens is 4. The molecule has 5 rings (SSSR count). The third-order valence-corrected chi connectivity index (χ3v) is 5.67. The Morgan fingerprint density at radius 2 is 1.83 bits per heavy atom. The van der Waals surface area contributed by atoms with Crippen molar-refractivity contribution in [2.24, 2.45) is 5.73 Å². The highest BCUT2D eigenvalue weighted by Gasteiger charge is 2.17. The maximum atomic E-state index is 12.0. The largest absolute Gasteiger partial charge is 0.380 e. The van der Waals surface area contributed by atoms with Crippen LogP contribution in [0.15, 0.2) is 85.7 Å². The van der Waals surface area contributed by atoms with Gasteiger partial charge in [-0.05, 0) is 68.3 Å². The van der Waals surface area contributed by atoms with Gasteiger partial charge < -0.3 is 15.6 Å². The Morgan fingerprint density at radius 1 is 0.971 bits per heavy atom. The first-order valence-electron chi connectivity index (χ1n) is 11.3. The number of fused-ring (bicyclic) bond motifs is 1. The van der Waals surface area contributed by atoms with Crippen molar-refractivity contribution in [3.8, 4) is 28.1 Å². The van der Waals surface area contributed by atoms with Gasteiger partial charge in [0.15, 0.2) is 0 Å². The molecule has 0 unspecified atom stereocenters. The van der Waals surface area contributed by atoms with Crippen molar-refractivity contribution >= 4 is 22.5 Å². The van der Waals surface area contributed by atoms with Crippen molar-refractivity contribution in [1.29, 1.82) is 0 Å². The number of hydrogen-bond donors (Lipinski definition) is 2. The molecule has 5 aromatic rings. The van der Waals surface area contributed by atoms with E-state index in [0.717, 1.165) is 39.0 Å². The molecule has 174 valence electrons. The molecule has 0 bridgehead atoms. The number of carbonyl (C=O) groups is 1. The third-order valence-electron chi connectivity index (χ3n) is 5.67. The van der Waals surface area contributed by atoms with Crippen molar-refractivity contribution in [1.82, 2.24) is 19.5 Å². The Bertz CT molecular complexity index is 1530. The maximum absolute atomic E-state index is 12.0. The molecule has 3 N–H and O–H groups in total. The maximum Gasteiger partial charge on any atom is 0.250 e. The van der Waals surface area contributed by atoms with Crippen LogP contribution in [0, 0.1) is 0 Å². The lowest BCUT2D eigenvalue weighted by Gasteiger charge is -2.24. The Morgan fingerprint density at radius 3 is 2.57 bits per heavy atom. The van der Waals surface area contributed by atoms with Crippen LogP contribution in [0.5, 0.6) is 0 Å². The van der Waals surface area contributed by atoms with Crippen molar-refractivity contribution in [3.63, 3.8) is 0 Å². The van der Waals surface area contributed by atoms with Crippen molar-refractivity contribution < 1.29 is 4.79 Å². The molecule has 3 aromatic heterocycles. The molecular weight excluding hydrogens is 436 g/mol. The highest BCUT2D eigenvalue weighted by atomic mass is 16.1. The molecule has 3 heterocycles. The number of para-hydroxylation sites is 1. The molecule has 0 saturated heterocycles. The second-order valence-electron chi connectivity index (χ2n) is 9.44. The van der Waals surface area contributed by atoms with Crippen LogP contribution in [0.3, 0.4) is 0 Å². The number of imidazole rings is 1. The molecule has 1 amide bonds. The Hall–Kier alpha value is -4.52. The number of rotatable bonds is 5. The summed E-state index contributed by atoms with van der Waals surface area (Å²) in [5.74, 6) is -0.463. The number of benzene rings is 2. The Kier molecular flexibility index (Phi) is 5.53. The summed E-state index contributed by atoms with van der Waals surface area (Å²) in [6, 6.07) is 17.6. The van der Waals surface area contributed by atoms with E-state index in [-0.39, 0.29) is 5.54 Å². The normalized spacial score (nSPS) is 11.5. The van der Waals surface area contributed by atoms with Crippen LogP contribution >= 0.6 is 0 Å². The summed E-state index contributed by atoms with van der Waals surface area (Å²) in [7, 11) is 0. The molecule has 0 radical (unpaired) electrons. The molecule has 0 spiro atoms. The molecule has 7 nitrogen and oxygen atoms in total. The smallest absolute Gasteiger partial charge is 0.250 e. The lowest BCUT2D eigenvalue weighted by Crippen LogP contribution is -2.28. The molecule has 0 fully saturated rings. The van der Waals surface area contributed by atoms with Gasteiger partial charge >= 0.3 is 0 Å². The van der Waals surface area contributed by atoms with E-state index in [1.165, 1.54) is 0 Å². The first kappa shape index (κ1) is 22.3. The minimum atomic E-state index is -0.463. The predicted octanol–water partition coefficient (Wildman–Crippen LogP) is 5.46. The molecule has 0 aliphatic rings. The van der Waals surface area contributed by atoms with Gasteiger partial charge in [0.05, 0.1) is 28.8 Å². The monoisotopic (exact) mass is 462 g/mol. The molecule has 2 aromatic carbocycles. The van der Waals surface area contributed by atoms with E-state index in [9.17, 15) is 4.79 Å². The van der Waals surface area contributed by atoms with E-state index in [0.29, 0.717) is 11.3 Å². The van der Waals surface area contributed by atoms with Crippen LogP contribution in [0.25, 0.3) is 39.0 Å². The SMILES string of the molecule is CC(C)(C)Nc1cc(-c2ccnc3c(-n4cnc(-c5cccnc5)c4)cccc23)ccc1C(N)=O.